The fourth-order valence-corrected chi connectivity index (χ4v) is 3.61. The summed E-state index contributed by atoms with van der Waals surface area (Å²) in [5, 5.41) is 4.53. The molecule has 28 heavy (non-hydrogen) atoms. The van der Waals surface area contributed by atoms with Crippen molar-refractivity contribution in [2.24, 2.45) is 13.0 Å². The average molecular weight is 391 g/mol. The topological polar surface area (TPSA) is 79.3 Å². The predicted molar refractivity (Wildman–Crippen MR) is 112 cm³/mol. The molecule has 1 saturated heterocycles. The monoisotopic (exact) mass is 390 g/mol. The number of H-pyrrole nitrogens is 1. The highest BCUT2D eigenvalue weighted by Crippen LogP contribution is 2.18. The van der Waals surface area contributed by atoms with E-state index in [1.807, 2.05) is 7.05 Å². The Kier molecular flexibility index (Phi) is 7.07. The first-order valence-corrected chi connectivity index (χ1v) is 10.5. The lowest BCUT2D eigenvalue weighted by Gasteiger charge is -2.30. The lowest BCUT2D eigenvalue weighted by Crippen LogP contribution is -2.42. The Balaban J connectivity index is 1.87. The zero-order chi connectivity index (χ0) is 20.1. The molecular weight excluding hydrogens is 356 g/mol. The number of aryl methyl sites for hydroxylation is 2. The molecule has 0 saturated carbocycles. The van der Waals surface area contributed by atoms with E-state index < -0.39 is 0 Å². The molecular formula is C20H34N6O2. The van der Waals surface area contributed by atoms with Gasteiger partial charge in [-0.3, -0.25) is 19.4 Å². The molecule has 3 rings (SSSR count). The summed E-state index contributed by atoms with van der Waals surface area (Å²) in [6, 6.07) is 0. The first-order chi connectivity index (χ1) is 13.5. The lowest BCUT2D eigenvalue weighted by molar-refractivity contribution is 0.0391. The normalized spacial score (nSPS) is 15.6. The summed E-state index contributed by atoms with van der Waals surface area (Å²) in [5.74, 6) is 1.26. The van der Waals surface area contributed by atoms with E-state index in [-0.39, 0.29) is 5.56 Å². The number of fused-ring (bicyclic) bond motifs is 1. The molecule has 0 aromatic carbocycles. The van der Waals surface area contributed by atoms with Gasteiger partial charge in [-0.1, -0.05) is 27.2 Å². The van der Waals surface area contributed by atoms with Crippen LogP contribution in [0.15, 0.2) is 4.79 Å². The first kappa shape index (κ1) is 20.8. The van der Waals surface area contributed by atoms with Gasteiger partial charge in [0.15, 0.2) is 5.52 Å². The number of nitrogens with zero attached hydrogens (tertiary/aromatic N) is 5. The summed E-state index contributed by atoms with van der Waals surface area (Å²) in [5.41, 5.74) is 2.09. The number of hydrogen-bond acceptors (Lipinski definition) is 6. The van der Waals surface area contributed by atoms with Gasteiger partial charge in [0.05, 0.1) is 18.9 Å². The maximum atomic E-state index is 12.8. The second kappa shape index (κ2) is 9.52. The van der Waals surface area contributed by atoms with Crippen LogP contribution in [-0.2, 0) is 18.2 Å². The summed E-state index contributed by atoms with van der Waals surface area (Å²) in [6.45, 7) is 12.7. The van der Waals surface area contributed by atoms with E-state index >= 15 is 0 Å². The summed E-state index contributed by atoms with van der Waals surface area (Å²) in [7, 11) is 1.81. The molecule has 8 nitrogen and oxygen atoms in total. The zero-order valence-corrected chi connectivity index (χ0v) is 17.7. The molecule has 2 aromatic heterocycles. The van der Waals surface area contributed by atoms with Crippen molar-refractivity contribution in [3.8, 4) is 0 Å². The van der Waals surface area contributed by atoms with Gasteiger partial charge in [-0.2, -0.15) is 5.10 Å². The van der Waals surface area contributed by atoms with Crippen LogP contribution in [0, 0.1) is 5.92 Å². The molecule has 0 spiro atoms. The number of ether oxygens (including phenoxy) is 1. The van der Waals surface area contributed by atoms with E-state index in [0.29, 0.717) is 17.4 Å². The number of morpholine rings is 1. The lowest BCUT2D eigenvalue weighted by atomic mass is 10.1. The number of aromatic amines is 1. The van der Waals surface area contributed by atoms with Gasteiger partial charge in [0.1, 0.15) is 5.52 Å². The summed E-state index contributed by atoms with van der Waals surface area (Å²) < 4.78 is 7.10. The molecule has 3 heterocycles. The smallest absolute Gasteiger partial charge is 0.278 e. The molecule has 1 aliphatic rings. The molecule has 0 atom stereocenters. The van der Waals surface area contributed by atoms with Crippen LogP contribution < -0.4 is 10.5 Å². The highest BCUT2D eigenvalue weighted by molar-refractivity contribution is 5.77. The van der Waals surface area contributed by atoms with Gasteiger partial charge in [-0.15, -0.1) is 0 Å². The first-order valence-electron chi connectivity index (χ1n) is 10.5. The zero-order valence-electron chi connectivity index (χ0n) is 17.7. The largest absolute Gasteiger partial charge is 0.379 e. The van der Waals surface area contributed by atoms with Crippen LogP contribution in [0.4, 0.5) is 5.95 Å². The number of aromatic nitrogens is 4. The van der Waals surface area contributed by atoms with E-state index in [1.165, 1.54) is 0 Å². The number of rotatable bonds is 9. The van der Waals surface area contributed by atoms with Crippen molar-refractivity contribution in [3.05, 3.63) is 16.0 Å². The predicted octanol–water partition coefficient (Wildman–Crippen LogP) is 1.79. The quantitative estimate of drug-likeness (QED) is 0.703. The summed E-state index contributed by atoms with van der Waals surface area (Å²) in [4.78, 5) is 25.3. The minimum absolute atomic E-state index is 0.113. The second-order valence-corrected chi connectivity index (χ2v) is 8.03. The minimum Gasteiger partial charge on any atom is -0.379 e. The van der Waals surface area contributed by atoms with Gasteiger partial charge in [0.25, 0.3) is 5.56 Å². The van der Waals surface area contributed by atoms with Crippen molar-refractivity contribution in [1.29, 1.82) is 0 Å². The Morgan fingerprint density at radius 3 is 2.68 bits per heavy atom. The molecule has 156 valence electrons. The molecule has 0 aliphatic carbocycles. The highest BCUT2D eigenvalue weighted by Gasteiger charge is 2.19. The maximum Gasteiger partial charge on any atom is 0.278 e. The Morgan fingerprint density at radius 2 is 2.00 bits per heavy atom. The Labute approximate surface area is 166 Å². The average Bonchev–Trinajstić information content (AvgIpc) is 2.98. The molecule has 1 aliphatic heterocycles. The molecule has 1 N–H and O–H groups in total. The van der Waals surface area contributed by atoms with Gasteiger partial charge in [-0.25, -0.2) is 4.98 Å². The van der Waals surface area contributed by atoms with Crippen LogP contribution in [-0.4, -0.2) is 70.6 Å². The Morgan fingerprint density at radius 1 is 1.25 bits per heavy atom. The SMILES string of the molecule is CCCc1nn(C)c2c(=O)[nH]c(N(CCC(C)C)CCN3CCOCC3)nc12. The summed E-state index contributed by atoms with van der Waals surface area (Å²) >= 11 is 0. The van der Waals surface area contributed by atoms with Crippen LogP contribution in [0.1, 0.15) is 39.3 Å². The van der Waals surface area contributed by atoms with Crippen LogP contribution in [0.2, 0.25) is 0 Å². The fourth-order valence-electron chi connectivity index (χ4n) is 3.61. The maximum absolute atomic E-state index is 12.8. The van der Waals surface area contributed by atoms with Crippen LogP contribution >= 0.6 is 0 Å². The van der Waals surface area contributed by atoms with E-state index in [1.54, 1.807) is 4.68 Å². The van der Waals surface area contributed by atoms with Crippen molar-refractivity contribution < 1.29 is 4.74 Å². The highest BCUT2D eigenvalue weighted by atomic mass is 16.5. The van der Waals surface area contributed by atoms with Gasteiger partial charge in [0, 0.05) is 39.8 Å². The van der Waals surface area contributed by atoms with Crippen molar-refractivity contribution in [2.75, 3.05) is 50.8 Å². The number of hydrogen-bond donors (Lipinski definition) is 1. The number of anilines is 1. The standard InChI is InChI=1S/C20H34N6O2/c1-5-6-16-17-18(24(4)23-16)19(27)22-20(21-17)26(8-7-15(2)3)10-9-25-11-13-28-14-12-25/h15H,5-14H2,1-4H3,(H,21,22,27). The van der Waals surface area contributed by atoms with E-state index in [9.17, 15) is 4.79 Å². The molecule has 0 amide bonds. The van der Waals surface area contributed by atoms with Gasteiger partial charge in [0.2, 0.25) is 5.95 Å². The number of nitrogens with one attached hydrogen (secondary N) is 1. The van der Waals surface area contributed by atoms with Crippen LogP contribution in [0.3, 0.4) is 0 Å². The summed E-state index contributed by atoms with van der Waals surface area (Å²) in [6.07, 6.45) is 2.86. The second-order valence-electron chi connectivity index (χ2n) is 8.03. The van der Waals surface area contributed by atoms with Crippen molar-refractivity contribution in [2.45, 2.75) is 40.0 Å². The molecule has 1 fully saturated rings. The van der Waals surface area contributed by atoms with Crippen molar-refractivity contribution in [3.63, 3.8) is 0 Å². The molecule has 0 bridgehead atoms. The molecule has 8 heteroatoms. The van der Waals surface area contributed by atoms with Crippen molar-refractivity contribution >= 4 is 17.0 Å². The third kappa shape index (κ3) is 4.91. The van der Waals surface area contributed by atoms with E-state index in [4.69, 9.17) is 9.72 Å². The third-order valence-corrected chi connectivity index (χ3v) is 5.30. The minimum atomic E-state index is -0.113. The van der Waals surface area contributed by atoms with Gasteiger partial charge in [-0.05, 0) is 18.8 Å². The van der Waals surface area contributed by atoms with E-state index in [2.05, 4.69) is 40.7 Å². The Bertz CT molecular complexity index is 822. The van der Waals surface area contributed by atoms with Crippen molar-refractivity contribution in [1.82, 2.24) is 24.6 Å². The van der Waals surface area contributed by atoms with Crippen LogP contribution in [0.5, 0.6) is 0 Å². The van der Waals surface area contributed by atoms with E-state index in [0.717, 1.165) is 76.4 Å². The Hall–Kier alpha value is -1.93. The molecule has 0 unspecified atom stereocenters. The molecule has 2 aromatic rings. The fraction of sp³-hybridized carbons (Fsp3) is 0.750. The van der Waals surface area contributed by atoms with Gasteiger partial charge < -0.3 is 9.64 Å². The molecule has 0 radical (unpaired) electrons. The van der Waals surface area contributed by atoms with Gasteiger partial charge >= 0.3 is 0 Å². The third-order valence-electron chi connectivity index (χ3n) is 5.30. The van der Waals surface area contributed by atoms with Crippen LogP contribution in [0.25, 0.3) is 11.0 Å².